The maximum Gasteiger partial charge on any atom is 0.123 e. The Kier molecular flexibility index (Phi) is 3.79. The van der Waals surface area contributed by atoms with E-state index in [2.05, 4.69) is 9.97 Å². The molecule has 2 atom stereocenters. The Morgan fingerprint density at radius 3 is 2.85 bits per heavy atom. The van der Waals surface area contributed by atoms with Gasteiger partial charge in [0.15, 0.2) is 0 Å². The summed E-state index contributed by atoms with van der Waals surface area (Å²) in [4.78, 5) is 7.86. The highest BCUT2D eigenvalue weighted by Gasteiger charge is 2.17. The third-order valence-corrected chi connectivity index (χ3v) is 1.76. The number of hydrogen-bond donors (Lipinski definition) is 1. The molecule has 0 aliphatic heterocycles. The van der Waals surface area contributed by atoms with Crippen molar-refractivity contribution in [1.29, 1.82) is 0 Å². The van der Waals surface area contributed by atoms with Gasteiger partial charge < -0.3 is 9.84 Å². The molecule has 0 aromatic carbocycles. The lowest BCUT2D eigenvalue weighted by atomic mass is 10.2. The van der Waals surface area contributed by atoms with Crippen LogP contribution in [0.25, 0.3) is 0 Å². The average molecular weight is 182 g/mol. The number of rotatable bonds is 4. The molecular weight excluding hydrogens is 168 g/mol. The molecule has 0 spiro atoms. The molecule has 0 fully saturated rings. The SMILES string of the molecule is CCOC(C)C(O)c1cnccn1. The van der Waals surface area contributed by atoms with Gasteiger partial charge in [-0.1, -0.05) is 0 Å². The summed E-state index contributed by atoms with van der Waals surface area (Å²) in [5.74, 6) is 0. The lowest BCUT2D eigenvalue weighted by Gasteiger charge is -2.17. The van der Waals surface area contributed by atoms with Crippen LogP contribution >= 0.6 is 0 Å². The fourth-order valence-corrected chi connectivity index (χ4v) is 1.06. The van der Waals surface area contributed by atoms with Gasteiger partial charge in [0.05, 0.1) is 18.0 Å². The third-order valence-electron chi connectivity index (χ3n) is 1.76. The minimum atomic E-state index is -0.700. The molecule has 1 N–H and O–H groups in total. The molecule has 4 nitrogen and oxygen atoms in total. The smallest absolute Gasteiger partial charge is 0.123 e. The van der Waals surface area contributed by atoms with E-state index in [9.17, 15) is 5.11 Å². The maximum atomic E-state index is 9.69. The molecular formula is C9H14N2O2. The van der Waals surface area contributed by atoms with Crippen molar-refractivity contribution in [2.45, 2.75) is 26.1 Å². The van der Waals surface area contributed by atoms with Gasteiger partial charge in [-0.3, -0.25) is 9.97 Å². The van der Waals surface area contributed by atoms with Gasteiger partial charge in [-0.05, 0) is 13.8 Å². The predicted molar refractivity (Wildman–Crippen MR) is 48.1 cm³/mol. The van der Waals surface area contributed by atoms with Gasteiger partial charge in [-0.2, -0.15) is 0 Å². The molecule has 0 saturated carbocycles. The van der Waals surface area contributed by atoms with Crippen LogP contribution in [0.4, 0.5) is 0 Å². The summed E-state index contributed by atoms with van der Waals surface area (Å²) in [5.41, 5.74) is 0.545. The van der Waals surface area contributed by atoms with Crippen LogP contribution in [0, 0.1) is 0 Å². The Labute approximate surface area is 77.6 Å². The van der Waals surface area contributed by atoms with Crippen LogP contribution in [-0.4, -0.2) is 27.8 Å². The normalized spacial score (nSPS) is 15.3. The van der Waals surface area contributed by atoms with Gasteiger partial charge in [0, 0.05) is 19.0 Å². The first-order valence-electron chi connectivity index (χ1n) is 4.31. The quantitative estimate of drug-likeness (QED) is 0.752. The van der Waals surface area contributed by atoms with Gasteiger partial charge in [-0.15, -0.1) is 0 Å². The summed E-state index contributed by atoms with van der Waals surface area (Å²) in [6, 6.07) is 0. The van der Waals surface area contributed by atoms with E-state index < -0.39 is 6.10 Å². The van der Waals surface area contributed by atoms with Crippen molar-refractivity contribution in [3.8, 4) is 0 Å². The fourth-order valence-electron chi connectivity index (χ4n) is 1.06. The number of hydrogen-bond acceptors (Lipinski definition) is 4. The van der Waals surface area contributed by atoms with E-state index in [1.54, 1.807) is 18.6 Å². The first kappa shape index (κ1) is 10.1. The molecule has 1 aromatic heterocycles. The van der Waals surface area contributed by atoms with Crippen molar-refractivity contribution >= 4 is 0 Å². The van der Waals surface area contributed by atoms with Crippen LogP contribution in [0.2, 0.25) is 0 Å². The van der Waals surface area contributed by atoms with E-state index in [0.29, 0.717) is 12.3 Å². The van der Waals surface area contributed by atoms with E-state index in [0.717, 1.165) is 0 Å². The first-order valence-corrected chi connectivity index (χ1v) is 4.31. The van der Waals surface area contributed by atoms with Crippen LogP contribution in [0.3, 0.4) is 0 Å². The molecule has 0 saturated heterocycles. The molecule has 72 valence electrons. The van der Waals surface area contributed by atoms with Crippen molar-refractivity contribution in [2.75, 3.05) is 6.61 Å². The molecule has 4 heteroatoms. The summed E-state index contributed by atoms with van der Waals surface area (Å²) in [6.07, 6.45) is 3.72. The minimum Gasteiger partial charge on any atom is -0.384 e. The van der Waals surface area contributed by atoms with Crippen LogP contribution in [0.1, 0.15) is 25.6 Å². The Morgan fingerprint density at radius 1 is 1.54 bits per heavy atom. The predicted octanol–water partition coefficient (Wildman–Crippen LogP) is 0.935. The Hall–Kier alpha value is -1.00. The minimum absolute atomic E-state index is 0.248. The number of aromatic nitrogens is 2. The van der Waals surface area contributed by atoms with Gasteiger partial charge in [0.1, 0.15) is 6.10 Å². The molecule has 2 unspecified atom stereocenters. The number of ether oxygens (including phenoxy) is 1. The maximum absolute atomic E-state index is 9.69. The van der Waals surface area contributed by atoms with E-state index in [-0.39, 0.29) is 6.10 Å². The summed E-state index contributed by atoms with van der Waals surface area (Å²) in [6.45, 7) is 4.28. The molecule has 13 heavy (non-hydrogen) atoms. The Bertz CT molecular complexity index is 241. The molecule has 0 amide bonds. The summed E-state index contributed by atoms with van der Waals surface area (Å²) < 4.78 is 5.24. The number of aliphatic hydroxyl groups is 1. The average Bonchev–Trinajstić information content (AvgIpc) is 2.18. The monoisotopic (exact) mass is 182 g/mol. The highest BCUT2D eigenvalue weighted by molar-refractivity contribution is 5.00. The van der Waals surface area contributed by atoms with Crippen molar-refractivity contribution in [3.05, 3.63) is 24.3 Å². The largest absolute Gasteiger partial charge is 0.384 e. The second kappa shape index (κ2) is 4.89. The van der Waals surface area contributed by atoms with Crippen LogP contribution in [0.15, 0.2) is 18.6 Å². The molecule has 0 aliphatic rings. The first-order chi connectivity index (χ1) is 6.25. The van der Waals surface area contributed by atoms with Gasteiger partial charge in [0.2, 0.25) is 0 Å². The lowest BCUT2D eigenvalue weighted by Crippen LogP contribution is -2.19. The van der Waals surface area contributed by atoms with Crippen molar-refractivity contribution in [3.63, 3.8) is 0 Å². The molecule has 1 aromatic rings. The Balaban J connectivity index is 2.62. The summed E-state index contributed by atoms with van der Waals surface area (Å²) >= 11 is 0. The van der Waals surface area contributed by atoms with Crippen molar-refractivity contribution in [1.82, 2.24) is 9.97 Å². The molecule has 1 heterocycles. The zero-order valence-electron chi connectivity index (χ0n) is 7.84. The van der Waals surface area contributed by atoms with Gasteiger partial charge >= 0.3 is 0 Å². The van der Waals surface area contributed by atoms with E-state index in [1.165, 1.54) is 0 Å². The standard InChI is InChI=1S/C9H14N2O2/c1-3-13-7(2)9(12)8-6-10-4-5-11-8/h4-7,9,12H,3H2,1-2H3. The van der Waals surface area contributed by atoms with Crippen LogP contribution in [-0.2, 0) is 4.74 Å². The fraction of sp³-hybridized carbons (Fsp3) is 0.556. The third kappa shape index (κ3) is 2.75. The highest BCUT2D eigenvalue weighted by Crippen LogP contribution is 2.14. The summed E-state index contributed by atoms with van der Waals surface area (Å²) in [5, 5.41) is 9.69. The lowest BCUT2D eigenvalue weighted by molar-refractivity contribution is -0.0247. The van der Waals surface area contributed by atoms with Crippen molar-refractivity contribution < 1.29 is 9.84 Å². The van der Waals surface area contributed by atoms with Crippen LogP contribution in [0.5, 0.6) is 0 Å². The van der Waals surface area contributed by atoms with Gasteiger partial charge in [-0.25, -0.2) is 0 Å². The zero-order chi connectivity index (χ0) is 9.68. The van der Waals surface area contributed by atoms with Crippen LogP contribution < -0.4 is 0 Å². The topological polar surface area (TPSA) is 55.2 Å². The number of nitrogens with zero attached hydrogens (tertiary/aromatic N) is 2. The van der Waals surface area contributed by atoms with Crippen molar-refractivity contribution in [2.24, 2.45) is 0 Å². The molecule has 0 radical (unpaired) electrons. The van der Waals surface area contributed by atoms with E-state index >= 15 is 0 Å². The van der Waals surface area contributed by atoms with E-state index in [4.69, 9.17) is 4.74 Å². The van der Waals surface area contributed by atoms with E-state index in [1.807, 2.05) is 13.8 Å². The Morgan fingerprint density at radius 2 is 2.31 bits per heavy atom. The van der Waals surface area contributed by atoms with Gasteiger partial charge in [0.25, 0.3) is 0 Å². The highest BCUT2D eigenvalue weighted by atomic mass is 16.5. The zero-order valence-corrected chi connectivity index (χ0v) is 7.84. The molecule has 1 rings (SSSR count). The number of aliphatic hydroxyl groups excluding tert-OH is 1. The summed E-state index contributed by atoms with van der Waals surface area (Å²) in [7, 11) is 0. The molecule has 0 bridgehead atoms. The second-order valence-corrected chi connectivity index (χ2v) is 2.74. The second-order valence-electron chi connectivity index (χ2n) is 2.74. The molecule has 0 aliphatic carbocycles.